The quantitative estimate of drug-likeness (QED) is 0.243. The predicted molar refractivity (Wildman–Crippen MR) is 135 cm³/mol. The highest BCUT2D eigenvalue weighted by atomic mass is 35.5. The third-order valence-electron chi connectivity index (χ3n) is 5.01. The van der Waals surface area contributed by atoms with E-state index >= 15 is 0 Å². The number of aromatic nitrogens is 2. The molecule has 0 aliphatic carbocycles. The standard InChI is InChI=1S/C24H22ClN3O3S2/c1-30-19-8-3-15(11-20(19)31-2)9-10-26-21(29)13-33-24-22-18(12-32-23(22)27-14-28-24)16-4-6-17(25)7-5-16/h3-8,11-12,14H,9-10,13H2,1-2H3,(H,26,29). The van der Waals surface area contributed by atoms with Crippen molar-refractivity contribution < 1.29 is 14.3 Å². The van der Waals surface area contributed by atoms with Gasteiger partial charge in [0.25, 0.3) is 0 Å². The van der Waals surface area contributed by atoms with E-state index in [1.165, 1.54) is 11.8 Å². The molecule has 0 radical (unpaired) electrons. The van der Waals surface area contributed by atoms with E-state index in [1.54, 1.807) is 31.9 Å². The van der Waals surface area contributed by atoms with E-state index in [9.17, 15) is 4.79 Å². The van der Waals surface area contributed by atoms with Crippen molar-refractivity contribution in [1.82, 2.24) is 15.3 Å². The van der Waals surface area contributed by atoms with Crippen LogP contribution in [0.5, 0.6) is 11.5 Å². The third kappa shape index (κ3) is 5.58. The number of hydrogen-bond donors (Lipinski definition) is 1. The van der Waals surface area contributed by atoms with Gasteiger partial charge in [-0.15, -0.1) is 11.3 Å². The van der Waals surface area contributed by atoms with Crippen molar-refractivity contribution in [3.63, 3.8) is 0 Å². The van der Waals surface area contributed by atoms with Gasteiger partial charge in [0, 0.05) is 22.5 Å². The number of thioether (sulfide) groups is 1. The lowest BCUT2D eigenvalue weighted by Crippen LogP contribution is -2.27. The molecule has 170 valence electrons. The Morgan fingerprint density at radius 3 is 2.64 bits per heavy atom. The van der Waals surface area contributed by atoms with Crippen LogP contribution in [0.2, 0.25) is 5.02 Å². The largest absolute Gasteiger partial charge is 0.493 e. The van der Waals surface area contributed by atoms with E-state index in [-0.39, 0.29) is 11.7 Å². The van der Waals surface area contributed by atoms with Crippen molar-refractivity contribution in [3.8, 4) is 22.6 Å². The molecule has 9 heteroatoms. The summed E-state index contributed by atoms with van der Waals surface area (Å²) in [5, 5.41) is 7.49. The second-order valence-corrected chi connectivity index (χ2v) is 9.35. The van der Waals surface area contributed by atoms with Gasteiger partial charge in [0.05, 0.1) is 25.4 Å². The summed E-state index contributed by atoms with van der Waals surface area (Å²) >= 11 is 9.01. The zero-order chi connectivity index (χ0) is 23.2. The molecular weight excluding hydrogens is 478 g/mol. The van der Waals surface area contributed by atoms with Gasteiger partial charge in [0.2, 0.25) is 5.91 Å². The minimum absolute atomic E-state index is 0.0458. The number of thiophene rings is 1. The number of nitrogens with one attached hydrogen (secondary N) is 1. The fraction of sp³-hybridized carbons (Fsp3) is 0.208. The first-order valence-corrected chi connectivity index (χ1v) is 12.4. The summed E-state index contributed by atoms with van der Waals surface area (Å²) in [7, 11) is 3.21. The van der Waals surface area contributed by atoms with E-state index in [1.807, 2.05) is 42.5 Å². The highest BCUT2D eigenvalue weighted by Crippen LogP contribution is 2.38. The molecule has 4 aromatic rings. The van der Waals surface area contributed by atoms with Crippen molar-refractivity contribution in [2.45, 2.75) is 11.4 Å². The van der Waals surface area contributed by atoms with E-state index in [0.717, 1.165) is 31.9 Å². The van der Waals surface area contributed by atoms with Crippen molar-refractivity contribution in [2.75, 3.05) is 26.5 Å². The molecule has 0 aliphatic heterocycles. The minimum Gasteiger partial charge on any atom is -0.493 e. The Morgan fingerprint density at radius 2 is 1.88 bits per heavy atom. The number of carbonyl (C=O) groups excluding carboxylic acids is 1. The number of hydrogen-bond acceptors (Lipinski definition) is 7. The molecule has 1 N–H and O–H groups in total. The molecule has 33 heavy (non-hydrogen) atoms. The summed E-state index contributed by atoms with van der Waals surface area (Å²) in [5.74, 6) is 1.59. The molecule has 0 saturated heterocycles. The van der Waals surface area contributed by atoms with Crippen LogP contribution in [-0.4, -0.2) is 42.4 Å². The lowest BCUT2D eigenvalue weighted by Gasteiger charge is -2.10. The maximum Gasteiger partial charge on any atom is 0.230 e. The van der Waals surface area contributed by atoms with Crippen LogP contribution in [0, 0.1) is 0 Å². The topological polar surface area (TPSA) is 73.3 Å². The number of fused-ring (bicyclic) bond motifs is 1. The van der Waals surface area contributed by atoms with Gasteiger partial charge in [-0.1, -0.05) is 41.6 Å². The third-order valence-corrected chi connectivity index (χ3v) is 7.14. The molecular formula is C24H22ClN3O3S2. The van der Waals surface area contributed by atoms with E-state index in [2.05, 4.69) is 20.7 Å². The molecule has 0 bridgehead atoms. The second-order valence-electron chi connectivity index (χ2n) is 7.09. The van der Waals surface area contributed by atoms with Gasteiger partial charge in [-0.2, -0.15) is 0 Å². The number of methoxy groups -OCH3 is 2. The molecule has 4 rings (SSSR count). The SMILES string of the molecule is COc1ccc(CCNC(=O)CSc2ncnc3scc(-c4ccc(Cl)cc4)c23)cc1OC. The average Bonchev–Trinajstić information content (AvgIpc) is 3.28. The molecule has 2 aromatic carbocycles. The van der Waals surface area contributed by atoms with Gasteiger partial charge in [0.1, 0.15) is 16.2 Å². The van der Waals surface area contributed by atoms with Crippen LogP contribution in [0.15, 0.2) is 59.2 Å². The number of amides is 1. The highest BCUT2D eigenvalue weighted by Gasteiger charge is 2.15. The molecule has 2 aromatic heterocycles. The Bertz CT molecular complexity index is 1260. The Kier molecular flexibility index (Phi) is 7.69. The molecule has 6 nitrogen and oxygen atoms in total. The van der Waals surface area contributed by atoms with E-state index in [4.69, 9.17) is 21.1 Å². The fourth-order valence-electron chi connectivity index (χ4n) is 3.37. The number of rotatable bonds is 9. The first kappa shape index (κ1) is 23.4. The summed E-state index contributed by atoms with van der Waals surface area (Å²) in [6, 6.07) is 13.4. The normalized spacial score (nSPS) is 10.9. The zero-order valence-electron chi connectivity index (χ0n) is 18.1. The van der Waals surface area contributed by atoms with Crippen LogP contribution >= 0.6 is 34.7 Å². The van der Waals surface area contributed by atoms with Crippen LogP contribution in [0.25, 0.3) is 21.3 Å². The minimum atomic E-state index is -0.0458. The number of nitrogens with zero attached hydrogens (tertiary/aromatic N) is 2. The number of benzene rings is 2. The molecule has 1 amide bonds. The van der Waals surface area contributed by atoms with Crippen molar-refractivity contribution in [3.05, 3.63) is 64.8 Å². The van der Waals surface area contributed by atoms with Crippen molar-refractivity contribution >= 4 is 50.8 Å². The molecule has 0 aliphatic rings. The van der Waals surface area contributed by atoms with Gasteiger partial charge in [0.15, 0.2) is 11.5 Å². The second kappa shape index (κ2) is 10.9. The van der Waals surface area contributed by atoms with Crippen LogP contribution in [0.3, 0.4) is 0 Å². The highest BCUT2D eigenvalue weighted by molar-refractivity contribution is 8.00. The molecule has 0 spiro atoms. The maximum absolute atomic E-state index is 12.5. The molecule has 0 unspecified atom stereocenters. The van der Waals surface area contributed by atoms with Crippen LogP contribution in [0.1, 0.15) is 5.56 Å². The van der Waals surface area contributed by atoms with Gasteiger partial charge in [-0.25, -0.2) is 9.97 Å². The Labute approximate surface area is 205 Å². The number of halogens is 1. The predicted octanol–water partition coefficient (Wildman–Crippen LogP) is 5.48. The Balaban J connectivity index is 1.38. The first-order chi connectivity index (χ1) is 16.1. The molecule has 0 fully saturated rings. The van der Waals surface area contributed by atoms with Gasteiger partial charge >= 0.3 is 0 Å². The monoisotopic (exact) mass is 499 g/mol. The van der Waals surface area contributed by atoms with Crippen LogP contribution < -0.4 is 14.8 Å². The van der Waals surface area contributed by atoms with Gasteiger partial charge in [-0.05, 0) is 41.8 Å². The van der Waals surface area contributed by atoms with Crippen LogP contribution in [0.4, 0.5) is 0 Å². The smallest absolute Gasteiger partial charge is 0.230 e. The first-order valence-electron chi connectivity index (χ1n) is 10.2. The summed E-state index contributed by atoms with van der Waals surface area (Å²) in [4.78, 5) is 22.2. The fourth-order valence-corrected chi connectivity index (χ4v) is 5.32. The van der Waals surface area contributed by atoms with Crippen molar-refractivity contribution in [2.24, 2.45) is 0 Å². The maximum atomic E-state index is 12.5. The average molecular weight is 500 g/mol. The Hall–Kier alpha value is -2.81. The number of carbonyl (C=O) groups is 1. The van der Waals surface area contributed by atoms with E-state index in [0.29, 0.717) is 29.5 Å². The lowest BCUT2D eigenvalue weighted by molar-refractivity contribution is -0.118. The van der Waals surface area contributed by atoms with Gasteiger partial charge < -0.3 is 14.8 Å². The summed E-state index contributed by atoms with van der Waals surface area (Å²) in [6.45, 7) is 0.530. The molecule has 2 heterocycles. The lowest BCUT2D eigenvalue weighted by atomic mass is 10.1. The van der Waals surface area contributed by atoms with Gasteiger partial charge in [-0.3, -0.25) is 4.79 Å². The number of ether oxygens (including phenoxy) is 2. The summed E-state index contributed by atoms with van der Waals surface area (Å²) < 4.78 is 10.6. The van der Waals surface area contributed by atoms with E-state index < -0.39 is 0 Å². The molecule has 0 saturated carbocycles. The Morgan fingerprint density at radius 1 is 1.09 bits per heavy atom. The summed E-state index contributed by atoms with van der Waals surface area (Å²) in [6.07, 6.45) is 2.24. The summed E-state index contributed by atoms with van der Waals surface area (Å²) in [5.41, 5.74) is 3.15. The van der Waals surface area contributed by atoms with Crippen LogP contribution in [-0.2, 0) is 11.2 Å². The zero-order valence-corrected chi connectivity index (χ0v) is 20.5. The van der Waals surface area contributed by atoms with Crippen molar-refractivity contribution in [1.29, 1.82) is 0 Å². The molecule has 0 atom stereocenters.